The number of rotatable bonds is 6. The van der Waals surface area contributed by atoms with Gasteiger partial charge in [-0.15, -0.1) is 0 Å². The highest BCUT2D eigenvalue weighted by atomic mass is 15.1. The first-order chi connectivity index (χ1) is 39.2. The van der Waals surface area contributed by atoms with Gasteiger partial charge in [0.2, 0.25) is 0 Å². The lowest BCUT2D eigenvalue weighted by molar-refractivity contribution is 0.768. The van der Waals surface area contributed by atoms with E-state index in [0.717, 1.165) is 83.5 Å². The summed E-state index contributed by atoms with van der Waals surface area (Å²) in [6.07, 6.45) is 0. The van der Waals surface area contributed by atoms with Gasteiger partial charge in [0, 0.05) is 33.5 Å². The monoisotopic (exact) mass is 944 g/mol. The number of nitrogens with zero attached hydrogens (tertiary/aromatic N) is 2. The number of hydrogen-bond acceptors (Lipinski definition) is 1. The normalized spacial score (nSPS) is 16.3. The minimum absolute atomic E-state index is 0.123. The Hall–Kier alpha value is -9.50. The molecule has 1 unspecified atom stereocenters. The third-order valence-electron chi connectivity index (χ3n) is 16.4. The topological polar surface area (TPSA) is 8.17 Å². The maximum Gasteiger partial charge on any atom is 0.0726 e. The summed E-state index contributed by atoms with van der Waals surface area (Å²) in [6.45, 7) is 0. The summed E-state index contributed by atoms with van der Waals surface area (Å²) < 4.78 is 59.1. The molecule has 13 aromatic rings. The fourth-order valence-electron chi connectivity index (χ4n) is 13.6. The van der Waals surface area contributed by atoms with E-state index in [1.165, 1.54) is 22.3 Å². The standard InChI is InChI=1S/C72H46N2/c1-4-22-48(23-5-1)71(49-24-6-2-7-25-49)62-33-14-12-30-56(62)60-44-51(39-42-65(60)71)73(52-40-43-69-61(45-52)58-31-13-17-37-68(58)74(69)50-26-8-3-9-27-50)53-38-41-57-54-28-10-15-34-63(54)72(67(57)46-53)64-35-16-11-29-55(64)59-32-18-20-47-21-19-36-66(72)70(47)59/h1-46H/i18D,19D,20D,21D,32D,36D. The zero-order valence-corrected chi connectivity index (χ0v) is 40.0. The molecule has 1 atom stereocenters. The predicted molar refractivity (Wildman–Crippen MR) is 307 cm³/mol. The van der Waals surface area contributed by atoms with Gasteiger partial charge in [-0.1, -0.05) is 218 Å². The van der Waals surface area contributed by atoms with Crippen molar-refractivity contribution in [3.05, 3.63) is 323 Å². The van der Waals surface area contributed by atoms with Crippen molar-refractivity contribution in [1.82, 2.24) is 4.57 Å². The van der Waals surface area contributed by atoms with Crippen LogP contribution in [-0.2, 0) is 10.8 Å². The van der Waals surface area contributed by atoms with E-state index < -0.39 is 10.8 Å². The van der Waals surface area contributed by atoms with E-state index in [9.17, 15) is 6.85 Å². The van der Waals surface area contributed by atoms with E-state index in [1.54, 1.807) is 0 Å². The maximum absolute atomic E-state index is 10.1. The number of hydrogen-bond donors (Lipinski definition) is 0. The second-order valence-corrected chi connectivity index (χ2v) is 19.8. The van der Waals surface area contributed by atoms with Gasteiger partial charge in [-0.2, -0.15) is 0 Å². The first kappa shape index (κ1) is 35.6. The molecule has 2 heteroatoms. The average Bonchev–Trinajstić information content (AvgIpc) is 4.28. The first-order valence-electron chi connectivity index (χ1n) is 28.3. The van der Waals surface area contributed by atoms with Gasteiger partial charge in [-0.05, 0) is 149 Å². The quantitative estimate of drug-likeness (QED) is 0.161. The molecule has 0 aliphatic heterocycles. The second kappa shape index (κ2) is 15.5. The number of anilines is 3. The Morgan fingerprint density at radius 1 is 0.324 bits per heavy atom. The second-order valence-electron chi connectivity index (χ2n) is 19.8. The van der Waals surface area contributed by atoms with E-state index in [-0.39, 0.29) is 41.6 Å². The lowest BCUT2D eigenvalue weighted by Gasteiger charge is -2.40. The third-order valence-corrected chi connectivity index (χ3v) is 16.4. The van der Waals surface area contributed by atoms with E-state index in [4.69, 9.17) is 1.37 Å². The Labute approximate surface area is 438 Å². The van der Waals surface area contributed by atoms with Crippen LogP contribution in [0.2, 0.25) is 0 Å². The molecule has 16 rings (SSSR count). The summed E-state index contributed by atoms with van der Waals surface area (Å²) in [5.74, 6) is 0. The van der Waals surface area contributed by atoms with Gasteiger partial charge >= 0.3 is 0 Å². The van der Waals surface area contributed by atoms with Crippen molar-refractivity contribution in [3.8, 4) is 39.1 Å². The van der Waals surface area contributed by atoms with Crippen molar-refractivity contribution < 1.29 is 8.22 Å². The van der Waals surface area contributed by atoms with Crippen LogP contribution in [0.15, 0.2) is 279 Å². The molecular weight excluding hydrogens is 893 g/mol. The Morgan fingerprint density at radius 3 is 1.54 bits per heavy atom. The number of benzene rings is 12. The van der Waals surface area contributed by atoms with Crippen LogP contribution in [0.4, 0.5) is 17.1 Å². The van der Waals surface area contributed by atoms with Crippen molar-refractivity contribution in [2.45, 2.75) is 10.8 Å². The molecule has 0 radical (unpaired) electrons. The summed E-state index contributed by atoms with van der Waals surface area (Å²) >= 11 is 0. The molecule has 0 bridgehead atoms. The highest BCUT2D eigenvalue weighted by Gasteiger charge is 2.51. The molecule has 1 spiro atoms. The molecular formula is C72H46N2. The lowest BCUT2D eigenvalue weighted by atomic mass is 9.61. The van der Waals surface area contributed by atoms with Crippen molar-refractivity contribution in [2.75, 3.05) is 4.90 Å². The fraction of sp³-hybridized carbons (Fsp3) is 0.0278. The summed E-state index contributed by atoms with van der Waals surface area (Å²) in [5, 5.41) is 2.77. The molecule has 2 nitrogen and oxygen atoms in total. The molecule has 0 saturated carbocycles. The van der Waals surface area contributed by atoms with Crippen molar-refractivity contribution in [2.24, 2.45) is 0 Å². The largest absolute Gasteiger partial charge is 0.310 e. The fourth-order valence-corrected chi connectivity index (χ4v) is 13.6. The number of para-hydroxylation sites is 2. The van der Waals surface area contributed by atoms with Gasteiger partial charge in [-0.3, -0.25) is 0 Å². The Morgan fingerprint density at radius 2 is 0.824 bits per heavy atom. The van der Waals surface area contributed by atoms with Crippen LogP contribution in [0.25, 0.3) is 71.6 Å². The zero-order chi connectivity index (χ0) is 53.8. The average molecular weight is 945 g/mol. The molecule has 0 fully saturated rings. The van der Waals surface area contributed by atoms with Crippen molar-refractivity contribution >= 4 is 49.6 Å². The van der Waals surface area contributed by atoms with Crippen LogP contribution in [0.5, 0.6) is 0 Å². The number of fused-ring (bicyclic) bond motifs is 15. The summed E-state index contributed by atoms with van der Waals surface area (Å²) in [7, 11) is 0. The van der Waals surface area contributed by atoms with E-state index in [1.807, 2.05) is 36.4 Å². The van der Waals surface area contributed by atoms with E-state index in [0.29, 0.717) is 22.1 Å². The number of aromatic nitrogens is 1. The van der Waals surface area contributed by atoms with Crippen LogP contribution in [0.1, 0.15) is 52.7 Å². The minimum atomic E-state index is -1.23. The van der Waals surface area contributed by atoms with Gasteiger partial charge in [0.25, 0.3) is 0 Å². The smallest absolute Gasteiger partial charge is 0.0726 e. The SMILES string of the molecule is [2H]c1c([2H])c2c3c(c([2H])c([2H])c([2H])c3c1[2H])C1(c3ccccc3-c3ccc(N(c4ccc5c(c4)-c4ccccc4C5(c4ccccc4)c4ccccc4)c4ccc5c(c4)c4ccccc4n5-c4ccccc4)cc31)c1ccccc1-2. The highest BCUT2D eigenvalue weighted by molar-refractivity contribution is 6.11. The summed E-state index contributed by atoms with van der Waals surface area (Å²) in [4.78, 5) is 2.36. The molecule has 0 N–H and O–H groups in total. The van der Waals surface area contributed by atoms with Gasteiger partial charge in [0.1, 0.15) is 0 Å². The molecule has 344 valence electrons. The van der Waals surface area contributed by atoms with Crippen molar-refractivity contribution in [1.29, 1.82) is 0 Å². The molecule has 1 aromatic heterocycles. The molecule has 0 amide bonds. The van der Waals surface area contributed by atoms with Crippen molar-refractivity contribution in [3.63, 3.8) is 0 Å². The first-order valence-corrected chi connectivity index (χ1v) is 25.3. The van der Waals surface area contributed by atoms with E-state index in [2.05, 4.69) is 216 Å². The van der Waals surface area contributed by atoms with Crippen LogP contribution in [0.3, 0.4) is 0 Å². The molecule has 3 aliphatic rings. The van der Waals surface area contributed by atoms with Gasteiger partial charge in [-0.25, -0.2) is 0 Å². The maximum atomic E-state index is 10.1. The molecule has 1 heterocycles. The highest BCUT2D eigenvalue weighted by Crippen LogP contribution is 2.63. The molecule has 0 saturated heterocycles. The van der Waals surface area contributed by atoms with Crippen LogP contribution in [0, 0.1) is 0 Å². The molecule has 74 heavy (non-hydrogen) atoms. The molecule has 3 aliphatic carbocycles. The third kappa shape index (κ3) is 5.39. The van der Waals surface area contributed by atoms with Crippen LogP contribution in [-0.4, -0.2) is 4.57 Å². The Bertz CT molecular complexity index is 4750. The predicted octanol–water partition coefficient (Wildman–Crippen LogP) is 18.1. The zero-order valence-electron chi connectivity index (χ0n) is 46.0. The van der Waals surface area contributed by atoms with Gasteiger partial charge < -0.3 is 9.47 Å². The Balaban J connectivity index is 1.01. The summed E-state index contributed by atoms with van der Waals surface area (Å²) in [6, 6.07) is 84.8. The summed E-state index contributed by atoms with van der Waals surface area (Å²) in [5.41, 5.74) is 17.4. The Kier molecular flexibility index (Phi) is 7.45. The van der Waals surface area contributed by atoms with Gasteiger partial charge in [0.05, 0.1) is 30.1 Å². The van der Waals surface area contributed by atoms with E-state index >= 15 is 0 Å². The molecule has 12 aromatic carbocycles. The minimum Gasteiger partial charge on any atom is -0.310 e. The lowest BCUT2D eigenvalue weighted by Crippen LogP contribution is -2.32. The van der Waals surface area contributed by atoms with Gasteiger partial charge in [0.15, 0.2) is 0 Å². The van der Waals surface area contributed by atoms with Crippen LogP contribution >= 0.6 is 0 Å². The van der Waals surface area contributed by atoms with Crippen LogP contribution < -0.4 is 4.90 Å².